The summed E-state index contributed by atoms with van der Waals surface area (Å²) >= 11 is 6.38. The average Bonchev–Trinajstić information content (AvgIpc) is 2.93. The van der Waals surface area contributed by atoms with Crippen molar-refractivity contribution in [2.45, 2.75) is 6.17 Å². The molecule has 1 N–H and O–H groups in total. The molecule has 0 saturated carbocycles. The van der Waals surface area contributed by atoms with E-state index in [1.807, 2.05) is 18.2 Å². The van der Waals surface area contributed by atoms with E-state index in [2.05, 4.69) is 113 Å². The first kappa shape index (κ1) is 21.3. The van der Waals surface area contributed by atoms with Gasteiger partial charge in [0, 0.05) is 5.56 Å². The molecule has 0 radical (unpaired) electrons. The lowest BCUT2D eigenvalue weighted by Crippen LogP contribution is -2.32. The van der Waals surface area contributed by atoms with E-state index in [1.165, 1.54) is 21.9 Å². The SMILES string of the molecule is ClC1=NC(c2ccc(-c3ccccc3)cc2)N=C(c2ccc(-c3cccc4ccccc34)cc2)N1. The molecule has 1 unspecified atom stereocenters. The molecular weight excluding hydrogens is 450 g/mol. The molecule has 0 aliphatic carbocycles. The Balaban J connectivity index is 1.29. The minimum atomic E-state index is -0.388. The van der Waals surface area contributed by atoms with E-state index in [9.17, 15) is 0 Å². The van der Waals surface area contributed by atoms with Crippen LogP contribution in [0.5, 0.6) is 0 Å². The van der Waals surface area contributed by atoms with Gasteiger partial charge in [-0.25, -0.2) is 9.98 Å². The summed E-state index contributed by atoms with van der Waals surface area (Å²) in [6, 6.07) is 41.9. The van der Waals surface area contributed by atoms with Crippen LogP contribution in [0.25, 0.3) is 33.0 Å². The van der Waals surface area contributed by atoms with E-state index in [-0.39, 0.29) is 6.17 Å². The van der Waals surface area contributed by atoms with Crippen LogP contribution in [-0.4, -0.2) is 11.1 Å². The van der Waals surface area contributed by atoms with Crippen LogP contribution in [0.2, 0.25) is 0 Å². The van der Waals surface area contributed by atoms with Gasteiger partial charge in [0.1, 0.15) is 5.84 Å². The number of nitrogens with one attached hydrogen (secondary N) is 1. The Kier molecular flexibility index (Phi) is 5.61. The molecule has 0 fully saturated rings. The van der Waals surface area contributed by atoms with Crippen molar-refractivity contribution < 1.29 is 0 Å². The number of benzene rings is 5. The topological polar surface area (TPSA) is 36.8 Å². The maximum absolute atomic E-state index is 6.38. The second kappa shape index (κ2) is 9.21. The van der Waals surface area contributed by atoms with Gasteiger partial charge in [-0.1, -0.05) is 121 Å². The molecule has 0 amide bonds. The fraction of sp³-hybridized carbons (Fsp3) is 0.0323. The zero-order valence-corrected chi connectivity index (χ0v) is 19.7. The second-order valence-electron chi connectivity index (χ2n) is 8.49. The predicted octanol–water partition coefficient (Wildman–Crippen LogP) is 7.82. The Hall–Kier alpha value is -4.21. The molecule has 1 atom stereocenters. The van der Waals surface area contributed by atoms with Crippen LogP contribution in [0.1, 0.15) is 17.3 Å². The van der Waals surface area contributed by atoms with Gasteiger partial charge in [0.05, 0.1) is 0 Å². The number of rotatable bonds is 4. The molecule has 168 valence electrons. The Bertz CT molecular complexity index is 1550. The molecule has 1 aliphatic rings. The Morgan fingerprint density at radius 1 is 0.543 bits per heavy atom. The third-order valence-corrected chi connectivity index (χ3v) is 6.48. The van der Waals surface area contributed by atoms with E-state index < -0.39 is 0 Å². The third-order valence-electron chi connectivity index (χ3n) is 6.28. The number of fused-ring (bicyclic) bond motifs is 1. The Labute approximate surface area is 209 Å². The summed E-state index contributed by atoms with van der Waals surface area (Å²) < 4.78 is 0. The molecule has 6 rings (SSSR count). The molecule has 1 aliphatic heterocycles. The predicted molar refractivity (Wildman–Crippen MR) is 147 cm³/mol. The van der Waals surface area contributed by atoms with Gasteiger partial charge in [-0.3, -0.25) is 0 Å². The molecular formula is C31H22ClN3. The molecule has 0 aromatic heterocycles. The summed E-state index contributed by atoms with van der Waals surface area (Å²) in [5.41, 5.74) is 6.68. The van der Waals surface area contributed by atoms with E-state index in [1.54, 1.807) is 0 Å². The summed E-state index contributed by atoms with van der Waals surface area (Å²) in [6.45, 7) is 0. The summed E-state index contributed by atoms with van der Waals surface area (Å²) in [5, 5.41) is 5.94. The molecule has 35 heavy (non-hydrogen) atoms. The van der Waals surface area contributed by atoms with E-state index in [4.69, 9.17) is 16.6 Å². The van der Waals surface area contributed by atoms with Crippen LogP contribution in [0, 0.1) is 0 Å². The van der Waals surface area contributed by atoms with Crippen LogP contribution in [0.4, 0.5) is 0 Å². The maximum atomic E-state index is 6.38. The monoisotopic (exact) mass is 471 g/mol. The number of hydrogen-bond donors (Lipinski definition) is 1. The zero-order chi connectivity index (χ0) is 23.6. The van der Waals surface area contributed by atoms with E-state index in [0.29, 0.717) is 11.1 Å². The summed E-state index contributed by atoms with van der Waals surface area (Å²) in [5.74, 6) is 0.714. The highest BCUT2D eigenvalue weighted by molar-refractivity contribution is 6.66. The maximum Gasteiger partial charge on any atom is 0.199 e. The average molecular weight is 472 g/mol. The molecule has 3 nitrogen and oxygen atoms in total. The summed E-state index contributed by atoms with van der Waals surface area (Å²) in [6.07, 6.45) is -0.388. The summed E-state index contributed by atoms with van der Waals surface area (Å²) in [7, 11) is 0. The highest BCUT2D eigenvalue weighted by Gasteiger charge is 2.18. The van der Waals surface area contributed by atoms with Gasteiger partial charge in [0.25, 0.3) is 0 Å². The van der Waals surface area contributed by atoms with Crippen LogP contribution < -0.4 is 5.32 Å². The van der Waals surface area contributed by atoms with Crippen molar-refractivity contribution in [1.29, 1.82) is 0 Å². The van der Waals surface area contributed by atoms with Gasteiger partial charge < -0.3 is 5.32 Å². The van der Waals surface area contributed by atoms with Crippen molar-refractivity contribution in [2.24, 2.45) is 9.98 Å². The van der Waals surface area contributed by atoms with Crippen LogP contribution >= 0.6 is 11.6 Å². The first-order chi connectivity index (χ1) is 17.2. The molecule has 5 aromatic carbocycles. The van der Waals surface area contributed by atoms with Gasteiger partial charge in [-0.2, -0.15) is 0 Å². The molecule has 4 heteroatoms. The van der Waals surface area contributed by atoms with E-state index >= 15 is 0 Å². The van der Waals surface area contributed by atoms with Crippen molar-refractivity contribution in [3.8, 4) is 22.3 Å². The van der Waals surface area contributed by atoms with Gasteiger partial charge in [0.15, 0.2) is 11.5 Å². The smallest absolute Gasteiger partial charge is 0.199 e. The lowest BCUT2D eigenvalue weighted by molar-refractivity contribution is 0.760. The molecule has 0 spiro atoms. The minimum Gasteiger partial charge on any atom is -0.315 e. The van der Waals surface area contributed by atoms with Gasteiger partial charge in [-0.05, 0) is 50.2 Å². The van der Waals surface area contributed by atoms with Crippen molar-refractivity contribution in [3.05, 3.63) is 132 Å². The fourth-order valence-corrected chi connectivity index (χ4v) is 4.66. The fourth-order valence-electron chi connectivity index (χ4n) is 4.48. The van der Waals surface area contributed by atoms with Crippen LogP contribution in [0.3, 0.4) is 0 Å². The highest BCUT2D eigenvalue weighted by Crippen LogP contribution is 2.30. The van der Waals surface area contributed by atoms with Crippen LogP contribution in [-0.2, 0) is 0 Å². The van der Waals surface area contributed by atoms with Gasteiger partial charge >= 0.3 is 0 Å². The third kappa shape index (κ3) is 4.34. The van der Waals surface area contributed by atoms with Crippen molar-refractivity contribution in [2.75, 3.05) is 0 Å². The highest BCUT2D eigenvalue weighted by atomic mass is 35.5. The standard InChI is InChI=1S/C31H22ClN3/c32-31-34-29(25-17-13-22(14-18-25)21-7-2-1-3-8-21)33-30(35-31)26-19-15-24(16-20-26)28-12-6-10-23-9-4-5-11-27(23)28/h1-20,29H,(H,33,34,35). The minimum absolute atomic E-state index is 0.338. The lowest BCUT2D eigenvalue weighted by atomic mass is 9.97. The van der Waals surface area contributed by atoms with Gasteiger partial charge in [0.2, 0.25) is 0 Å². The number of aliphatic imine (C=N–C) groups is 2. The van der Waals surface area contributed by atoms with Crippen LogP contribution in [0.15, 0.2) is 131 Å². The number of halogens is 1. The second-order valence-corrected chi connectivity index (χ2v) is 8.85. The van der Waals surface area contributed by atoms with E-state index in [0.717, 1.165) is 22.3 Å². The quantitative estimate of drug-likeness (QED) is 0.266. The number of amidine groups is 2. The first-order valence-electron chi connectivity index (χ1n) is 11.6. The number of nitrogens with zero attached hydrogens (tertiary/aromatic N) is 2. The van der Waals surface area contributed by atoms with Crippen molar-refractivity contribution in [3.63, 3.8) is 0 Å². The normalized spacial score (nSPS) is 15.3. The first-order valence-corrected chi connectivity index (χ1v) is 11.9. The van der Waals surface area contributed by atoms with Crippen molar-refractivity contribution >= 4 is 33.5 Å². The molecule has 0 bridgehead atoms. The zero-order valence-electron chi connectivity index (χ0n) is 18.9. The Morgan fingerprint density at radius 3 is 1.97 bits per heavy atom. The summed E-state index contributed by atoms with van der Waals surface area (Å²) in [4.78, 5) is 9.37. The number of hydrogen-bond acceptors (Lipinski definition) is 3. The Morgan fingerprint density at radius 2 is 1.17 bits per heavy atom. The largest absolute Gasteiger partial charge is 0.315 e. The molecule has 0 saturated heterocycles. The van der Waals surface area contributed by atoms with Crippen molar-refractivity contribution in [1.82, 2.24) is 5.32 Å². The molecule has 1 heterocycles. The molecule has 5 aromatic rings. The lowest BCUT2D eigenvalue weighted by Gasteiger charge is -2.19. The van der Waals surface area contributed by atoms with Gasteiger partial charge in [-0.15, -0.1) is 0 Å².